The van der Waals surface area contributed by atoms with Crippen molar-refractivity contribution in [1.29, 1.82) is 5.26 Å². The van der Waals surface area contributed by atoms with Gasteiger partial charge in [0.05, 0.1) is 12.7 Å². The summed E-state index contributed by atoms with van der Waals surface area (Å²) in [5.74, 6) is 0. The van der Waals surface area contributed by atoms with Crippen LogP contribution in [0.15, 0.2) is 0 Å². The predicted molar refractivity (Wildman–Crippen MR) is 55.4 cm³/mol. The Morgan fingerprint density at radius 1 is 1.67 bits per heavy atom. The van der Waals surface area contributed by atoms with Crippen LogP contribution < -0.4 is 0 Å². The molecule has 15 heavy (non-hydrogen) atoms. The monoisotopic (exact) mass is 232 g/mol. The fourth-order valence-electron chi connectivity index (χ4n) is 1.86. The average Bonchev–Trinajstić information content (AvgIpc) is 2.67. The number of aliphatic hydroxyl groups is 1. The molecule has 86 valence electrons. The highest BCUT2D eigenvalue weighted by Gasteiger charge is 2.38. The second kappa shape index (κ2) is 4.92. The van der Waals surface area contributed by atoms with Crippen LogP contribution in [0, 0.1) is 11.3 Å². The highest BCUT2D eigenvalue weighted by Crippen LogP contribution is 2.24. The third-order valence-electron chi connectivity index (χ3n) is 2.74. The van der Waals surface area contributed by atoms with Crippen LogP contribution in [0.5, 0.6) is 0 Å². The van der Waals surface area contributed by atoms with Gasteiger partial charge in [-0.3, -0.25) is 0 Å². The van der Waals surface area contributed by atoms with Gasteiger partial charge in [-0.1, -0.05) is 6.92 Å². The van der Waals surface area contributed by atoms with Crippen LogP contribution in [0.25, 0.3) is 0 Å². The molecule has 0 bridgehead atoms. The Balaban J connectivity index is 2.91. The molecule has 0 aromatic carbocycles. The molecule has 5 nitrogen and oxygen atoms in total. The average molecular weight is 232 g/mol. The van der Waals surface area contributed by atoms with Crippen LogP contribution in [-0.4, -0.2) is 42.3 Å². The summed E-state index contributed by atoms with van der Waals surface area (Å²) in [4.78, 5) is 0. The molecule has 2 atom stereocenters. The number of aliphatic hydroxyl groups excluding tert-OH is 1. The van der Waals surface area contributed by atoms with E-state index in [2.05, 4.69) is 0 Å². The number of nitriles is 1. The van der Waals surface area contributed by atoms with Gasteiger partial charge in [0.2, 0.25) is 10.0 Å². The lowest BCUT2D eigenvalue weighted by atomic mass is 10.2. The van der Waals surface area contributed by atoms with Crippen molar-refractivity contribution in [2.45, 2.75) is 37.5 Å². The van der Waals surface area contributed by atoms with Crippen molar-refractivity contribution in [3.05, 3.63) is 0 Å². The van der Waals surface area contributed by atoms with Gasteiger partial charge in [0.1, 0.15) is 0 Å². The second-order valence-electron chi connectivity index (χ2n) is 3.66. The maximum Gasteiger partial charge on any atom is 0.230 e. The van der Waals surface area contributed by atoms with Gasteiger partial charge >= 0.3 is 0 Å². The Morgan fingerprint density at radius 2 is 2.33 bits per heavy atom. The molecule has 6 heteroatoms. The largest absolute Gasteiger partial charge is 0.395 e. The standard InChI is InChI=1S/C9H16N2O3S/c1-2-9(6-10)15(13,14)11-5-3-4-8(11)7-12/h8-9,12H,2-5,7H2,1H3. The van der Waals surface area contributed by atoms with Gasteiger partial charge in [0.25, 0.3) is 0 Å². The van der Waals surface area contributed by atoms with Gasteiger partial charge in [0.15, 0.2) is 5.25 Å². The van der Waals surface area contributed by atoms with Crippen molar-refractivity contribution in [2.75, 3.05) is 13.2 Å². The smallest absolute Gasteiger partial charge is 0.230 e. The van der Waals surface area contributed by atoms with Gasteiger partial charge in [0, 0.05) is 12.6 Å². The van der Waals surface area contributed by atoms with Crippen molar-refractivity contribution in [2.24, 2.45) is 0 Å². The van der Waals surface area contributed by atoms with Gasteiger partial charge < -0.3 is 5.11 Å². The van der Waals surface area contributed by atoms with Crippen LogP contribution in [0.2, 0.25) is 0 Å². The molecule has 0 aromatic rings. The first kappa shape index (κ1) is 12.4. The molecule has 1 heterocycles. The maximum absolute atomic E-state index is 12.0. The first-order valence-electron chi connectivity index (χ1n) is 5.09. The van der Waals surface area contributed by atoms with Crippen LogP contribution >= 0.6 is 0 Å². The first-order chi connectivity index (χ1) is 7.07. The predicted octanol–water partition coefficient (Wildman–Crippen LogP) is 0.0751. The van der Waals surface area contributed by atoms with Crippen molar-refractivity contribution in [1.82, 2.24) is 4.31 Å². The van der Waals surface area contributed by atoms with Crippen molar-refractivity contribution < 1.29 is 13.5 Å². The fourth-order valence-corrected chi connectivity index (χ4v) is 3.71. The Labute approximate surface area is 90.4 Å². The molecule has 0 spiro atoms. The quantitative estimate of drug-likeness (QED) is 0.744. The molecule has 0 aromatic heterocycles. The van der Waals surface area contributed by atoms with Gasteiger partial charge in [-0.25, -0.2) is 8.42 Å². The molecule has 2 unspecified atom stereocenters. The first-order valence-corrected chi connectivity index (χ1v) is 6.59. The van der Waals surface area contributed by atoms with Crippen molar-refractivity contribution >= 4 is 10.0 Å². The molecule has 1 aliphatic heterocycles. The molecule has 1 saturated heterocycles. The number of sulfonamides is 1. The minimum Gasteiger partial charge on any atom is -0.395 e. The second-order valence-corrected chi connectivity index (χ2v) is 5.73. The summed E-state index contributed by atoms with van der Waals surface area (Å²) in [5, 5.41) is 16.8. The van der Waals surface area contributed by atoms with Gasteiger partial charge in [-0.05, 0) is 19.3 Å². The highest BCUT2D eigenvalue weighted by molar-refractivity contribution is 7.90. The molecule has 1 aliphatic rings. The number of hydrogen-bond donors (Lipinski definition) is 1. The number of rotatable bonds is 4. The Hall–Kier alpha value is -0.640. The molecular weight excluding hydrogens is 216 g/mol. The maximum atomic E-state index is 12.0. The lowest BCUT2D eigenvalue weighted by Crippen LogP contribution is -2.42. The number of hydrogen-bond acceptors (Lipinski definition) is 4. The van der Waals surface area contributed by atoms with E-state index in [1.54, 1.807) is 13.0 Å². The molecule has 1 N–H and O–H groups in total. The van der Waals surface area contributed by atoms with Crippen LogP contribution in [0.1, 0.15) is 26.2 Å². The van der Waals surface area contributed by atoms with E-state index in [9.17, 15) is 8.42 Å². The van der Waals surface area contributed by atoms with E-state index < -0.39 is 15.3 Å². The molecule has 0 radical (unpaired) electrons. The summed E-state index contributed by atoms with van der Waals surface area (Å²) in [6.45, 7) is 1.93. The lowest BCUT2D eigenvalue weighted by molar-refractivity contribution is 0.213. The molecule has 1 rings (SSSR count). The number of nitrogens with zero attached hydrogens (tertiary/aromatic N) is 2. The van der Waals surface area contributed by atoms with Crippen LogP contribution in [-0.2, 0) is 10.0 Å². The van der Waals surface area contributed by atoms with E-state index >= 15 is 0 Å². The zero-order chi connectivity index (χ0) is 11.5. The Bertz CT molecular complexity index is 347. The summed E-state index contributed by atoms with van der Waals surface area (Å²) in [6, 6.07) is 1.47. The van der Waals surface area contributed by atoms with Crippen molar-refractivity contribution in [3.63, 3.8) is 0 Å². The summed E-state index contributed by atoms with van der Waals surface area (Å²) in [6.07, 6.45) is 1.72. The Morgan fingerprint density at radius 3 is 2.80 bits per heavy atom. The third kappa shape index (κ3) is 2.30. The molecular formula is C9H16N2O3S. The minimum absolute atomic E-state index is 0.166. The molecule has 0 amide bonds. The SMILES string of the molecule is CCC(C#N)S(=O)(=O)N1CCCC1CO. The van der Waals surface area contributed by atoms with Crippen LogP contribution in [0.3, 0.4) is 0 Å². The third-order valence-corrected chi connectivity index (χ3v) is 5.03. The summed E-state index contributed by atoms with van der Waals surface area (Å²) >= 11 is 0. The topological polar surface area (TPSA) is 81.4 Å². The molecule has 0 saturated carbocycles. The van der Waals surface area contributed by atoms with Crippen molar-refractivity contribution in [3.8, 4) is 6.07 Å². The fraction of sp³-hybridized carbons (Fsp3) is 0.889. The van der Waals surface area contributed by atoms with Crippen LogP contribution in [0.4, 0.5) is 0 Å². The van der Waals surface area contributed by atoms with E-state index in [-0.39, 0.29) is 19.1 Å². The zero-order valence-corrected chi connectivity index (χ0v) is 9.57. The minimum atomic E-state index is -3.55. The zero-order valence-electron chi connectivity index (χ0n) is 8.76. The van der Waals surface area contributed by atoms with E-state index in [1.165, 1.54) is 4.31 Å². The highest BCUT2D eigenvalue weighted by atomic mass is 32.2. The summed E-state index contributed by atoms with van der Waals surface area (Å²) in [7, 11) is -3.55. The normalized spacial score (nSPS) is 25.0. The van der Waals surface area contributed by atoms with Gasteiger partial charge in [-0.15, -0.1) is 0 Å². The molecule has 1 fully saturated rings. The van der Waals surface area contributed by atoms with E-state index in [1.807, 2.05) is 0 Å². The van der Waals surface area contributed by atoms with E-state index in [0.29, 0.717) is 13.0 Å². The van der Waals surface area contributed by atoms with Gasteiger partial charge in [-0.2, -0.15) is 9.57 Å². The lowest BCUT2D eigenvalue weighted by Gasteiger charge is -2.24. The Kier molecular flexibility index (Phi) is 4.08. The summed E-state index contributed by atoms with van der Waals surface area (Å²) in [5.41, 5.74) is 0. The summed E-state index contributed by atoms with van der Waals surface area (Å²) < 4.78 is 25.2. The van der Waals surface area contributed by atoms with E-state index in [4.69, 9.17) is 10.4 Å². The van der Waals surface area contributed by atoms with E-state index in [0.717, 1.165) is 6.42 Å². The molecule has 0 aliphatic carbocycles.